The summed E-state index contributed by atoms with van der Waals surface area (Å²) in [5.41, 5.74) is 0. The molecular formula is C5H7N2O2. The van der Waals surface area contributed by atoms with E-state index >= 15 is 0 Å². The molecule has 1 amide bonds. The molecule has 0 atom stereocenters. The van der Waals surface area contributed by atoms with E-state index in [-0.39, 0.29) is 13.0 Å². The number of amides is 1. The Bertz CT molecular complexity index is 127. The van der Waals surface area contributed by atoms with Gasteiger partial charge in [-0.15, -0.1) is 0 Å². The molecule has 4 heteroatoms. The molecule has 0 rings (SSSR count). The second-order valence-corrected chi connectivity index (χ2v) is 1.40. The van der Waals surface area contributed by atoms with Crippen molar-refractivity contribution in [3.8, 4) is 6.07 Å². The van der Waals surface area contributed by atoms with Crippen molar-refractivity contribution in [3.05, 3.63) is 0 Å². The monoisotopic (exact) mass is 127 g/mol. The van der Waals surface area contributed by atoms with Crippen molar-refractivity contribution >= 4 is 5.91 Å². The van der Waals surface area contributed by atoms with Crippen LogP contribution in [0.5, 0.6) is 0 Å². The molecule has 0 saturated heterocycles. The molecule has 0 bridgehead atoms. The van der Waals surface area contributed by atoms with E-state index < -0.39 is 12.5 Å². The number of hydrogen-bond donors (Lipinski definition) is 1. The first-order valence-electron chi connectivity index (χ1n) is 2.53. The lowest BCUT2D eigenvalue weighted by Gasteiger charge is -1.94. The van der Waals surface area contributed by atoms with Gasteiger partial charge in [-0.05, 0) is 0 Å². The van der Waals surface area contributed by atoms with Gasteiger partial charge in [0.05, 0.1) is 12.5 Å². The smallest absolute Gasteiger partial charge is 0.249 e. The van der Waals surface area contributed by atoms with E-state index in [2.05, 4.69) is 5.32 Å². The number of carbonyl (C=O) groups is 1. The van der Waals surface area contributed by atoms with Gasteiger partial charge in [-0.3, -0.25) is 4.79 Å². The van der Waals surface area contributed by atoms with Crippen molar-refractivity contribution in [2.24, 2.45) is 0 Å². The van der Waals surface area contributed by atoms with Gasteiger partial charge in [0.15, 0.2) is 6.61 Å². The van der Waals surface area contributed by atoms with Crippen molar-refractivity contribution in [3.63, 3.8) is 0 Å². The van der Waals surface area contributed by atoms with Crippen molar-refractivity contribution in [1.29, 1.82) is 5.26 Å². The summed E-state index contributed by atoms with van der Waals surface area (Å²) < 4.78 is 0. The Hall–Kier alpha value is -1.08. The highest BCUT2D eigenvalue weighted by Crippen LogP contribution is 1.69. The van der Waals surface area contributed by atoms with Gasteiger partial charge in [-0.1, -0.05) is 0 Å². The number of nitriles is 1. The Morgan fingerprint density at radius 1 is 1.67 bits per heavy atom. The molecule has 0 heterocycles. The first-order chi connectivity index (χ1) is 4.31. The number of hydrogen-bond acceptors (Lipinski definition) is 2. The molecule has 0 unspecified atom stereocenters. The maximum Gasteiger partial charge on any atom is 0.249 e. The molecule has 0 spiro atoms. The molecule has 49 valence electrons. The van der Waals surface area contributed by atoms with Gasteiger partial charge >= 0.3 is 0 Å². The summed E-state index contributed by atoms with van der Waals surface area (Å²) in [7, 11) is 0. The highest BCUT2D eigenvalue weighted by atomic mass is 16.3. The highest BCUT2D eigenvalue weighted by Gasteiger charge is 1.94. The van der Waals surface area contributed by atoms with Crippen LogP contribution >= 0.6 is 0 Å². The standard InChI is InChI=1S/C5H7N2O2/c6-2-1-3-7-5(9)4-8/h1,3-4H2,(H,7,9). The van der Waals surface area contributed by atoms with E-state index in [0.717, 1.165) is 0 Å². The molecule has 0 aromatic heterocycles. The van der Waals surface area contributed by atoms with Gasteiger partial charge < -0.3 is 5.32 Å². The quantitative estimate of drug-likeness (QED) is 0.516. The first-order valence-corrected chi connectivity index (χ1v) is 2.53. The van der Waals surface area contributed by atoms with Crippen LogP contribution in [-0.2, 0) is 9.90 Å². The Morgan fingerprint density at radius 3 is 2.78 bits per heavy atom. The predicted octanol–water partition coefficient (Wildman–Crippen LogP) is -0.553. The van der Waals surface area contributed by atoms with Crippen LogP contribution in [0.15, 0.2) is 0 Å². The molecule has 1 radical (unpaired) electrons. The van der Waals surface area contributed by atoms with Gasteiger partial charge in [-0.25, -0.2) is 5.11 Å². The number of nitrogens with zero attached hydrogens (tertiary/aromatic N) is 1. The summed E-state index contributed by atoms with van der Waals surface area (Å²) in [6.45, 7) is -0.483. The molecule has 0 fully saturated rings. The predicted molar refractivity (Wildman–Crippen MR) is 28.8 cm³/mol. The fourth-order valence-corrected chi connectivity index (χ4v) is 0.309. The van der Waals surface area contributed by atoms with E-state index in [1.807, 2.05) is 6.07 Å². The summed E-state index contributed by atoms with van der Waals surface area (Å²) >= 11 is 0. The fraction of sp³-hybridized carbons (Fsp3) is 0.600. The number of rotatable bonds is 3. The Labute approximate surface area is 53.1 Å². The summed E-state index contributed by atoms with van der Waals surface area (Å²) in [4.78, 5) is 10.2. The molecular weight excluding hydrogens is 120 g/mol. The lowest BCUT2D eigenvalue weighted by Crippen LogP contribution is -2.26. The van der Waals surface area contributed by atoms with Crippen molar-refractivity contribution < 1.29 is 9.90 Å². The Kier molecular flexibility index (Phi) is 4.46. The van der Waals surface area contributed by atoms with E-state index in [4.69, 9.17) is 5.26 Å². The van der Waals surface area contributed by atoms with Gasteiger partial charge in [0, 0.05) is 6.54 Å². The van der Waals surface area contributed by atoms with Crippen LogP contribution in [-0.4, -0.2) is 19.1 Å². The van der Waals surface area contributed by atoms with Gasteiger partial charge in [-0.2, -0.15) is 5.26 Å². The van der Waals surface area contributed by atoms with Crippen LogP contribution in [0.25, 0.3) is 0 Å². The molecule has 0 saturated carbocycles. The third-order valence-corrected chi connectivity index (χ3v) is 0.690. The normalized spacial score (nSPS) is 8.00. The maximum atomic E-state index is 10.2. The molecule has 0 aromatic rings. The SMILES string of the molecule is N#CCCNC(=O)C[O]. The van der Waals surface area contributed by atoms with E-state index in [1.165, 1.54) is 0 Å². The molecule has 4 nitrogen and oxygen atoms in total. The average Bonchev–Trinajstić information content (AvgIpc) is 1.89. The minimum atomic E-state index is -0.759. The maximum absolute atomic E-state index is 10.2. The molecule has 0 aromatic carbocycles. The zero-order valence-electron chi connectivity index (χ0n) is 4.89. The molecule has 9 heavy (non-hydrogen) atoms. The number of nitrogens with one attached hydrogen (secondary N) is 1. The first kappa shape index (κ1) is 7.92. The van der Waals surface area contributed by atoms with E-state index in [1.54, 1.807) is 0 Å². The third-order valence-electron chi connectivity index (χ3n) is 0.690. The third kappa shape index (κ3) is 4.78. The fourth-order valence-electron chi connectivity index (χ4n) is 0.309. The Morgan fingerprint density at radius 2 is 2.33 bits per heavy atom. The van der Waals surface area contributed by atoms with Crippen LogP contribution in [0, 0.1) is 11.3 Å². The zero-order valence-corrected chi connectivity index (χ0v) is 4.89. The van der Waals surface area contributed by atoms with Gasteiger partial charge in [0.25, 0.3) is 0 Å². The molecule has 1 N–H and O–H groups in total. The van der Waals surface area contributed by atoms with Crippen molar-refractivity contribution in [2.75, 3.05) is 13.2 Å². The van der Waals surface area contributed by atoms with Crippen molar-refractivity contribution in [1.82, 2.24) is 5.32 Å². The van der Waals surface area contributed by atoms with Crippen molar-refractivity contribution in [2.45, 2.75) is 6.42 Å². The number of carbonyl (C=O) groups excluding carboxylic acids is 1. The van der Waals surface area contributed by atoms with Crippen LogP contribution in [0.2, 0.25) is 0 Å². The van der Waals surface area contributed by atoms with E-state index in [0.29, 0.717) is 0 Å². The highest BCUT2D eigenvalue weighted by molar-refractivity contribution is 5.76. The lowest BCUT2D eigenvalue weighted by molar-refractivity contribution is -0.125. The lowest BCUT2D eigenvalue weighted by atomic mass is 10.4. The minimum absolute atomic E-state index is 0.256. The Balaban J connectivity index is 3.09. The summed E-state index contributed by atoms with van der Waals surface area (Å²) in [5.74, 6) is -0.551. The molecule has 0 aliphatic heterocycles. The van der Waals surface area contributed by atoms with Gasteiger partial charge in [0.2, 0.25) is 5.91 Å². The van der Waals surface area contributed by atoms with Crippen LogP contribution in [0.1, 0.15) is 6.42 Å². The summed E-state index contributed by atoms with van der Waals surface area (Å²) in [6, 6.07) is 1.83. The van der Waals surface area contributed by atoms with E-state index in [9.17, 15) is 9.90 Å². The average molecular weight is 127 g/mol. The topological polar surface area (TPSA) is 72.8 Å². The van der Waals surface area contributed by atoms with Crippen LogP contribution < -0.4 is 5.32 Å². The second kappa shape index (κ2) is 5.06. The largest absolute Gasteiger partial charge is 0.353 e. The summed E-state index contributed by atoms with van der Waals surface area (Å²) in [6.07, 6.45) is 0.256. The zero-order chi connectivity index (χ0) is 7.11. The second-order valence-electron chi connectivity index (χ2n) is 1.40. The molecule has 0 aliphatic rings. The van der Waals surface area contributed by atoms with Gasteiger partial charge in [0.1, 0.15) is 0 Å². The summed E-state index contributed by atoms with van der Waals surface area (Å²) in [5, 5.41) is 20.0. The van der Waals surface area contributed by atoms with Crippen LogP contribution in [0.4, 0.5) is 0 Å². The van der Waals surface area contributed by atoms with Crippen LogP contribution in [0.3, 0.4) is 0 Å². The minimum Gasteiger partial charge on any atom is -0.353 e. The molecule has 0 aliphatic carbocycles.